The summed E-state index contributed by atoms with van der Waals surface area (Å²) in [7, 11) is 0. The summed E-state index contributed by atoms with van der Waals surface area (Å²) in [5.74, 6) is -5.36. The maximum Gasteiger partial charge on any atom is 0.245 e. The van der Waals surface area contributed by atoms with Crippen molar-refractivity contribution in [3.05, 3.63) is 18.2 Å². The van der Waals surface area contributed by atoms with Crippen LogP contribution in [0, 0.1) is 0 Å². The number of carbonyl (C=O) groups excluding carboxylic acids is 7. The summed E-state index contributed by atoms with van der Waals surface area (Å²) in [5.41, 5.74) is 16.3. The number of aliphatic hydroxyl groups excluding tert-OH is 1. The zero-order chi connectivity index (χ0) is 34.8. The van der Waals surface area contributed by atoms with Crippen LogP contribution in [0.2, 0.25) is 0 Å². The summed E-state index contributed by atoms with van der Waals surface area (Å²) in [6.07, 6.45) is 3.19. The Labute approximate surface area is 264 Å². The first-order chi connectivity index (χ1) is 21.7. The van der Waals surface area contributed by atoms with Crippen molar-refractivity contribution in [2.24, 2.45) is 22.2 Å². The van der Waals surface area contributed by atoms with Crippen molar-refractivity contribution in [3.63, 3.8) is 0 Å². The van der Waals surface area contributed by atoms with E-state index in [4.69, 9.17) is 17.2 Å². The molecule has 0 saturated carbocycles. The molecular formula is C26H44N12O8. The fourth-order valence-electron chi connectivity index (χ4n) is 3.91. The lowest BCUT2D eigenvalue weighted by Gasteiger charge is -2.24. The molecule has 0 bridgehead atoms. The number of primary amides is 1. The van der Waals surface area contributed by atoms with Gasteiger partial charge in [0.2, 0.25) is 41.4 Å². The van der Waals surface area contributed by atoms with Crippen LogP contribution < -0.4 is 49.1 Å². The third kappa shape index (κ3) is 14.5. The summed E-state index contributed by atoms with van der Waals surface area (Å²) in [6.45, 7) is 2.94. The zero-order valence-corrected chi connectivity index (χ0v) is 25.9. The normalized spacial score (nSPS) is 13.8. The summed E-state index contributed by atoms with van der Waals surface area (Å²) in [5, 5.41) is 24.0. The maximum absolute atomic E-state index is 13.4. The first kappa shape index (κ1) is 38.8. The molecule has 46 heavy (non-hydrogen) atoms. The molecule has 1 heterocycles. The molecule has 0 aliphatic heterocycles. The number of guanidine groups is 1. The SMILES string of the molecule is CCC(NC(=O)[C@H](CO)NC(=O)CNC(=O)[C@H](Cc1cnc[nH]1)NC(=O)[C@H](CCCN=C(N)N)NC(=O)[C@H](C)NC(C)=O)C(N)=O. The standard InChI is InChI=1S/C26H44N12O8/c1-4-16(21(27)42)36-25(46)19(11-39)35-20(41)10-32-23(44)18(8-15-9-30-12-33-15)38-24(45)17(6-5-7-31-26(28)29)37-22(43)13(2)34-14(3)40/h9,12-13,16-19,39H,4-8,10-11H2,1-3H3,(H2,27,42)(H,30,33)(H,32,44)(H,34,40)(H,35,41)(H,36,46)(H,37,43)(H,38,45)(H4,28,29,31)/t13-,16?,17-,18-,19-/m0/s1. The number of nitrogens with two attached hydrogens (primary N) is 3. The molecule has 0 aliphatic rings. The second-order valence-corrected chi connectivity index (χ2v) is 10.2. The Hall–Kier alpha value is -5.27. The number of rotatable bonds is 20. The highest BCUT2D eigenvalue weighted by atomic mass is 16.3. The van der Waals surface area contributed by atoms with E-state index in [0.29, 0.717) is 5.69 Å². The number of imidazole rings is 1. The largest absolute Gasteiger partial charge is 0.394 e. The van der Waals surface area contributed by atoms with Gasteiger partial charge in [-0.05, 0) is 26.2 Å². The summed E-state index contributed by atoms with van der Waals surface area (Å²) in [4.78, 5) is 97.4. The van der Waals surface area contributed by atoms with Crippen molar-refractivity contribution < 1.29 is 38.7 Å². The third-order valence-corrected chi connectivity index (χ3v) is 6.33. The third-order valence-electron chi connectivity index (χ3n) is 6.33. The van der Waals surface area contributed by atoms with Gasteiger partial charge >= 0.3 is 0 Å². The first-order valence-corrected chi connectivity index (χ1v) is 14.4. The molecule has 1 unspecified atom stereocenters. The smallest absolute Gasteiger partial charge is 0.245 e. The molecule has 5 atom stereocenters. The van der Waals surface area contributed by atoms with Crippen LogP contribution in [-0.2, 0) is 40.0 Å². The lowest BCUT2D eigenvalue weighted by molar-refractivity contribution is -0.134. The van der Waals surface area contributed by atoms with Crippen LogP contribution in [0.15, 0.2) is 17.5 Å². The molecule has 1 aromatic heterocycles. The van der Waals surface area contributed by atoms with Crippen LogP contribution in [0.25, 0.3) is 0 Å². The van der Waals surface area contributed by atoms with Gasteiger partial charge in [0, 0.05) is 31.8 Å². The van der Waals surface area contributed by atoms with Crippen molar-refractivity contribution in [1.29, 1.82) is 0 Å². The number of amides is 7. The van der Waals surface area contributed by atoms with E-state index in [1.165, 1.54) is 26.4 Å². The molecule has 0 spiro atoms. The number of carbonyl (C=O) groups is 7. The predicted octanol–water partition coefficient (Wildman–Crippen LogP) is -5.53. The monoisotopic (exact) mass is 652 g/mol. The Morgan fingerprint density at radius 1 is 0.891 bits per heavy atom. The van der Waals surface area contributed by atoms with Crippen LogP contribution in [0.3, 0.4) is 0 Å². The average Bonchev–Trinajstić information content (AvgIpc) is 3.50. The molecule has 0 fully saturated rings. The van der Waals surface area contributed by atoms with E-state index in [9.17, 15) is 38.7 Å². The summed E-state index contributed by atoms with van der Waals surface area (Å²) < 4.78 is 0. The van der Waals surface area contributed by atoms with Gasteiger partial charge in [-0.2, -0.15) is 0 Å². The Kier molecular flexibility index (Phi) is 16.8. The Bertz CT molecular complexity index is 1240. The lowest BCUT2D eigenvalue weighted by Crippen LogP contribution is -2.58. The zero-order valence-electron chi connectivity index (χ0n) is 25.9. The first-order valence-electron chi connectivity index (χ1n) is 14.4. The minimum absolute atomic E-state index is 0.0567. The molecule has 0 aromatic carbocycles. The van der Waals surface area contributed by atoms with E-state index >= 15 is 0 Å². The second kappa shape index (κ2) is 19.9. The van der Waals surface area contributed by atoms with Crippen LogP contribution in [0.4, 0.5) is 0 Å². The molecule has 256 valence electrons. The minimum atomic E-state index is -1.44. The number of hydrogen-bond acceptors (Lipinski definition) is 10. The van der Waals surface area contributed by atoms with E-state index in [-0.39, 0.29) is 38.2 Å². The molecule has 0 aliphatic carbocycles. The Morgan fingerprint density at radius 2 is 1.52 bits per heavy atom. The van der Waals surface area contributed by atoms with Crippen LogP contribution in [-0.4, -0.2) is 112 Å². The van der Waals surface area contributed by atoms with Gasteiger partial charge in [0.15, 0.2) is 5.96 Å². The molecular weight excluding hydrogens is 608 g/mol. The van der Waals surface area contributed by atoms with Gasteiger partial charge in [0.25, 0.3) is 0 Å². The van der Waals surface area contributed by atoms with Crippen molar-refractivity contribution in [1.82, 2.24) is 41.9 Å². The van der Waals surface area contributed by atoms with Gasteiger partial charge in [-0.25, -0.2) is 4.98 Å². The molecule has 7 amide bonds. The van der Waals surface area contributed by atoms with Crippen LogP contribution in [0.1, 0.15) is 45.7 Å². The number of aromatic nitrogens is 2. The van der Waals surface area contributed by atoms with E-state index in [2.05, 4.69) is 46.9 Å². The van der Waals surface area contributed by atoms with Crippen molar-refractivity contribution >= 4 is 47.3 Å². The van der Waals surface area contributed by atoms with Gasteiger partial charge in [-0.1, -0.05) is 6.92 Å². The predicted molar refractivity (Wildman–Crippen MR) is 163 cm³/mol. The maximum atomic E-state index is 13.4. The Balaban J connectivity index is 3.01. The molecule has 20 nitrogen and oxygen atoms in total. The number of aliphatic imine (C=N–C) groups is 1. The topological polar surface area (TPSA) is 331 Å². The van der Waals surface area contributed by atoms with Gasteiger partial charge in [0.05, 0.1) is 19.5 Å². The lowest BCUT2D eigenvalue weighted by atomic mass is 10.1. The molecule has 1 rings (SSSR count). The van der Waals surface area contributed by atoms with E-state index in [1.807, 2.05) is 0 Å². The minimum Gasteiger partial charge on any atom is -0.394 e. The van der Waals surface area contributed by atoms with Gasteiger partial charge in [-0.3, -0.25) is 38.6 Å². The molecule has 14 N–H and O–H groups in total. The number of nitrogens with one attached hydrogen (secondary N) is 7. The number of nitrogens with zero attached hydrogens (tertiary/aromatic N) is 2. The number of H-pyrrole nitrogens is 1. The average molecular weight is 653 g/mol. The van der Waals surface area contributed by atoms with Crippen molar-refractivity contribution in [2.45, 2.75) is 76.7 Å². The molecule has 20 heteroatoms. The molecule has 1 aromatic rings. The van der Waals surface area contributed by atoms with E-state index < -0.39 is 84.7 Å². The number of hydrogen-bond donors (Lipinski definition) is 11. The van der Waals surface area contributed by atoms with Gasteiger partial charge < -0.3 is 59.2 Å². The highest BCUT2D eigenvalue weighted by Crippen LogP contribution is 2.04. The highest BCUT2D eigenvalue weighted by molar-refractivity contribution is 5.96. The van der Waals surface area contributed by atoms with Crippen molar-refractivity contribution in [3.8, 4) is 0 Å². The molecule has 0 saturated heterocycles. The second-order valence-electron chi connectivity index (χ2n) is 10.2. The van der Waals surface area contributed by atoms with Gasteiger partial charge in [-0.15, -0.1) is 0 Å². The van der Waals surface area contributed by atoms with Crippen LogP contribution >= 0.6 is 0 Å². The quantitative estimate of drug-likeness (QED) is 0.0358. The fraction of sp³-hybridized carbons (Fsp3) is 0.577. The van der Waals surface area contributed by atoms with Crippen molar-refractivity contribution in [2.75, 3.05) is 19.7 Å². The fourth-order valence-corrected chi connectivity index (χ4v) is 3.91. The van der Waals surface area contributed by atoms with Crippen LogP contribution in [0.5, 0.6) is 0 Å². The van der Waals surface area contributed by atoms with E-state index in [0.717, 1.165) is 0 Å². The molecule has 0 radical (unpaired) electrons. The Morgan fingerprint density at radius 3 is 2.07 bits per heavy atom. The number of aliphatic hydroxyl groups is 1. The van der Waals surface area contributed by atoms with Gasteiger partial charge in [0.1, 0.15) is 30.2 Å². The number of aromatic amines is 1. The highest BCUT2D eigenvalue weighted by Gasteiger charge is 2.29. The van der Waals surface area contributed by atoms with E-state index in [1.54, 1.807) is 6.92 Å². The summed E-state index contributed by atoms with van der Waals surface area (Å²) >= 11 is 0. The summed E-state index contributed by atoms with van der Waals surface area (Å²) in [6, 6.07) is -5.88.